The van der Waals surface area contributed by atoms with Crippen molar-refractivity contribution in [3.63, 3.8) is 0 Å². The third kappa shape index (κ3) is 1.93. The van der Waals surface area contributed by atoms with E-state index in [1.165, 1.54) is 11.2 Å². The standard InChI is InChI=1S/C12H14Br2N2/c1-4-8-5-10-12(16(8)7(2)3)9(13)6-11(14)15-10/h5-7H,4H2,1-3H3. The van der Waals surface area contributed by atoms with E-state index in [0.29, 0.717) is 6.04 Å². The molecule has 0 fully saturated rings. The molecular weight excluding hydrogens is 332 g/mol. The highest BCUT2D eigenvalue weighted by Gasteiger charge is 2.14. The summed E-state index contributed by atoms with van der Waals surface area (Å²) >= 11 is 7.04. The molecule has 0 amide bonds. The fourth-order valence-electron chi connectivity index (χ4n) is 2.07. The second kappa shape index (κ2) is 4.49. The van der Waals surface area contributed by atoms with Crippen LogP contribution >= 0.6 is 31.9 Å². The highest BCUT2D eigenvalue weighted by atomic mass is 79.9. The third-order valence-corrected chi connectivity index (χ3v) is 3.68. The number of nitrogens with zero attached hydrogens (tertiary/aromatic N) is 2. The monoisotopic (exact) mass is 344 g/mol. The van der Waals surface area contributed by atoms with E-state index < -0.39 is 0 Å². The van der Waals surface area contributed by atoms with Crippen molar-refractivity contribution in [1.29, 1.82) is 0 Å². The van der Waals surface area contributed by atoms with Gasteiger partial charge in [0.2, 0.25) is 0 Å². The molecule has 0 saturated heterocycles. The zero-order chi connectivity index (χ0) is 11.9. The van der Waals surface area contributed by atoms with Gasteiger partial charge in [-0.25, -0.2) is 4.98 Å². The maximum absolute atomic E-state index is 4.51. The number of pyridine rings is 1. The van der Waals surface area contributed by atoms with E-state index >= 15 is 0 Å². The minimum Gasteiger partial charge on any atom is -0.340 e. The van der Waals surface area contributed by atoms with Crippen LogP contribution in [-0.2, 0) is 6.42 Å². The number of hydrogen-bond donors (Lipinski definition) is 0. The summed E-state index contributed by atoms with van der Waals surface area (Å²) in [6.07, 6.45) is 1.03. The average Bonchev–Trinajstić information content (AvgIpc) is 2.55. The van der Waals surface area contributed by atoms with Gasteiger partial charge < -0.3 is 4.57 Å². The Labute approximate surface area is 112 Å². The van der Waals surface area contributed by atoms with Crippen molar-refractivity contribution in [2.75, 3.05) is 0 Å². The molecule has 0 atom stereocenters. The van der Waals surface area contributed by atoms with Crippen molar-refractivity contribution in [3.05, 3.63) is 26.9 Å². The van der Waals surface area contributed by atoms with Gasteiger partial charge in [0.1, 0.15) is 4.60 Å². The largest absolute Gasteiger partial charge is 0.340 e. The molecule has 2 aromatic heterocycles. The van der Waals surface area contributed by atoms with Crippen LogP contribution in [-0.4, -0.2) is 9.55 Å². The summed E-state index contributed by atoms with van der Waals surface area (Å²) in [6, 6.07) is 4.62. The molecule has 0 radical (unpaired) electrons. The summed E-state index contributed by atoms with van der Waals surface area (Å²) in [6.45, 7) is 6.58. The number of halogens is 2. The van der Waals surface area contributed by atoms with Crippen molar-refractivity contribution < 1.29 is 0 Å². The van der Waals surface area contributed by atoms with Crippen molar-refractivity contribution >= 4 is 42.9 Å². The van der Waals surface area contributed by atoms with E-state index in [1.807, 2.05) is 6.07 Å². The zero-order valence-corrected chi connectivity index (χ0v) is 12.8. The molecule has 2 nitrogen and oxygen atoms in total. The lowest BCUT2D eigenvalue weighted by atomic mass is 10.3. The number of aromatic nitrogens is 2. The molecule has 86 valence electrons. The lowest BCUT2D eigenvalue weighted by Crippen LogP contribution is -2.04. The molecule has 0 bridgehead atoms. The van der Waals surface area contributed by atoms with Crippen molar-refractivity contribution in [3.8, 4) is 0 Å². The van der Waals surface area contributed by atoms with Crippen LogP contribution in [0.4, 0.5) is 0 Å². The highest BCUT2D eigenvalue weighted by Crippen LogP contribution is 2.31. The molecule has 2 heterocycles. The Balaban J connectivity index is 2.84. The summed E-state index contributed by atoms with van der Waals surface area (Å²) in [5, 5.41) is 0. The lowest BCUT2D eigenvalue weighted by molar-refractivity contribution is 0.597. The van der Waals surface area contributed by atoms with Crippen molar-refractivity contribution in [2.24, 2.45) is 0 Å². The number of hydrogen-bond acceptors (Lipinski definition) is 1. The van der Waals surface area contributed by atoms with Gasteiger partial charge in [-0.15, -0.1) is 0 Å². The smallest absolute Gasteiger partial charge is 0.108 e. The number of fused-ring (bicyclic) bond motifs is 1. The Hall–Kier alpha value is -0.350. The van der Waals surface area contributed by atoms with Crippen LogP contribution in [0.15, 0.2) is 21.2 Å². The first-order chi connectivity index (χ1) is 7.54. The van der Waals surface area contributed by atoms with Crippen LogP contribution in [0.25, 0.3) is 11.0 Å². The Morgan fingerprint density at radius 2 is 2.00 bits per heavy atom. The SMILES string of the molecule is CCc1cc2nc(Br)cc(Br)c2n1C(C)C. The molecule has 0 aromatic carbocycles. The van der Waals surface area contributed by atoms with Gasteiger partial charge in [-0.3, -0.25) is 0 Å². The van der Waals surface area contributed by atoms with Gasteiger partial charge in [0, 0.05) is 16.2 Å². The maximum Gasteiger partial charge on any atom is 0.108 e. The minimum atomic E-state index is 0.451. The van der Waals surface area contributed by atoms with Gasteiger partial charge in [0.05, 0.1) is 11.0 Å². The Morgan fingerprint density at radius 1 is 1.31 bits per heavy atom. The number of rotatable bonds is 2. The topological polar surface area (TPSA) is 17.8 Å². The van der Waals surface area contributed by atoms with Crippen molar-refractivity contribution in [2.45, 2.75) is 33.2 Å². The Kier molecular flexibility index (Phi) is 3.40. The normalized spacial score (nSPS) is 11.6. The molecule has 0 unspecified atom stereocenters. The van der Waals surface area contributed by atoms with E-state index in [1.54, 1.807) is 0 Å². The van der Waals surface area contributed by atoms with Gasteiger partial charge in [-0.05, 0) is 64.3 Å². The van der Waals surface area contributed by atoms with Crippen LogP contribution in [0.1, 0.15) is 32.5 Å². The Morgan fingerprint density at radius 3 is 2.56 bits per heavy atom. The average molecular weight is 346 g/mol. The number of aryl methyl sites for hydroxylation is 1. The fraction of sp³-hybridized carbons (Fsp3) is 0.417. The van der Waals surface area contributed by atoms with Gasteiger partial charge >= 0.3 is 0 Å². The minimum absolute atomic E-state index is 0.451. The van der Waals surface area contributed by atoms with Gasteiger partial charge in [-0.2, -0.15) is 0 Å². The molecule has 2 aromatic rings. The molecule has 0 N–H and O–H groups in total. The van der Waals surface area contributed by atoms with E-state index in [2.05, 4.69) is 68.2 Å². The maximum atomic E-state index is 4.51. The van der Waals surface area contributed by atoms with Crippen LogP contribution in [0, 0.1) is 0 Å². The van der Waals surface area contributed by atoms with Crippen molar-refractivity contribution in [1.82, 2.24) is 9.55 Å². The Bertz CT molecular complexity index is 529. The van der Waals surface area contributed by atoms with E-state index in [-0.39, 0.29) is 0 Å². The molecule has 2 rings (SSSR count). The fourth-order valence-corrected chi connectivity index (χ4v) is 3.41. The van der Waals surface area contributed by atoms with Gasteiger partial charge in [-0.1, -0.05) is 6.92 Å². The lowest BCUT2D eigenvalue weighted by Gasteiger charge is -2.14. The summed E-state index contributed by atoms with van der Waals surface area (Å²) in [5.41, 5.74) is 3.57. The molecular formula is C12H14Br2N2. The molecule has 0 saturated carbocycles. The van der Waals surface area contributed by atoms with E-state index in [0.717, 1.165) is 21.0 Å². The molecule has 16 heavy (non-hydrogen) atoms. The summed E-state index contributed by atoms with van der Waals surface area (Å²) in [4.78, 5) is 4.51. The van der Waals surface area contributed by atoms with Crippen LogP contribution in [0.5, 0.6) is 0 Å². The first-order valence-electron chi connectivity index (χ1n) is 5.40. The first kappa shape index (κ1) is 12.1. The molecule has 0 aliphatic rings. The molecule has 0 aliphatic heterocycles. The molecule has 4 heteroatoms. The predicted molar refractivity (Wildman–Crippen MR) is 74.9 cm³/mol. The molecule has 0 spiro atoms. The first-order valence-corrected chi connectivity index (χ1v) is 6.99. The van der Waals surface area contributed by atoms with Gasteiger partial charge in [0.25, 0.3) is 0 Å². The van der Waals surface area contributed by atoms with Crippen LogP contribution in [0.3, 0.4) is 0 Å². The molecule has 0 aliphatic carbocycles. The van der Waals surface area contributed by atoms with Gasteiger partial charge in [0.15, 0.2) is 0 Å². The zero-order valence-electron chi connectivity index (χ0n) is 9.59. The second-order valence-electron chi connectivity index (χ2n) is 4.11. The van der Waals surface area contributed by atoms with E-state index in [4.69, 9.17) is 0 Å². The van der Waals surface area contributed by atoms with Crippen LogP contribution < -0.4 is 0 Å². The predicted octanol–water partition coefficient (Wildman–Crippen LogP) is 4.70. The quantitative estimate of drug-likeness (QED) is 0.721. The summed E-state index contributed by atoms with van der Waals surface area (Å²) in [5.74, 6) is 0. The summed E-state index contributed by atoms with van der Waals surface area (Å²) < 4.78 is 4.31. The highest BCUT2D eigenvalue weighted by molar-refractivity contribution is 9.11. The third-order valence-electron chi connectivity index (χ3n) is 2.67. The van der Waals surface area contributed by atoms with E-state index in [9.17, 15) is 0 Å². The second-order valence-corrected chi connectivity index (χ2v) is 5.78. The summed E-state index contributed by atoms with van der Waals surface area (Å²) in [7, 11) is 0. The van der Waals surface area contributed by atoms with Crippen LogP contribution in [0.2, 0.25) is 0 Å².